The van der Waals surface area contributed by atoms with Gasteiger partial charge in [0.05, 0.1) is 30.2 Å². The molecule has 0 radical (unpaired) electrons. The number of carbonyl (C=O) groups is 1. The van der Waals surface area contributed by atoms with Gasteiger partial charge in [0, 0.05) is 13.1 Å². The van der Waals surface area contributed by atoms with Gasteiger partial charge in [0.25, 0.3) is 5.91 Å². The van der Waals surface area contributed by atoms with E-state index in [0.29, 0.717) is 37.6 Å². The van der Waals surface area contributed by atoms with Crippen molar-refractivity contribution in [1.82, 2.24) is 24.7 Å². The molecule has 26 heavy (non-hydrogen) atoms. The van der Waals surface area contributed by atoms with E-state index in [1.165, 1.54) is 12.1 Å². The number of benzene rings is 1. The number of aromatic nitrogens is 4. The lowest BCUT2D eigenvalue weighted by atomic mass is 10.1. The molecule has 0 spiro atoms. The fraction of sp³-hybridized carbons (Fsp3) is 0.333. The van der Waals surface area contributed by atoms with Crippen molar-refractivity contribution in [2.24, 2.45) is 0 Å². The first kappa shape index (κ1) is 16.6. The van der Waals surface area contributed by atoms with E-state index in [-0.39, 0.29) is 17.4 Å². The highest BCUT2D eigenvalue weighted by atomic mass is 19.1. The topological polar surface area (TPSA) is 72.6 Å². The molecule has 1 saturated heterocycles. The van der Waals surface area contributed by atoms with Crippen molar-refractivity contribution < 1.29 is 13.9 Å². The van der Waals surface area contributed by atoms with Crippen molar-refractivity contribution in [2.75, 3.05) is 26.3 Å². The van der Waals surface area contributed by atoms with Gasteiger partial charge in [-0.2, -0.15) is 5.10 Å². The summed E-state index contributed by atoms with van der Waals surface area (Å²) in [6, 6.07) is 6.16. The Morgan fingerprint density at radius 3 is 2.50 bits per heavy atom. The molecule has 1 amide bonds. The van der Waals surface area contributed by atoms with E-state index in [2.05, 4.69) is 15.3 Å². The monoisotopic (exact) mass is 355 g/mol. The maximum Gasteiger partial charge on any atom is 0.276 e. The van der Waals surface area contributed by atoms with E-state index in [1.54, 1.807) is 28.5 Å². The quantitative estimate of drug-likeness (QED) is 0.703. The van der Waals surface area contributed by atoms with Crippen LogP contribution in [-0.4, -0.2) is 56.9 Å². The molecule has 3 heterocycles. The van der Waals surface area contributed by atoms with E-state index in [4.69, 9.17) is 4.74 Å². The van der Waals surface area contributed by atoms with Crippen LogP contribution in [0.2, 0.25) is 0 Å². The summed E-state index contributed by atoms with van der Waals surface area (Å²) in [7, 11) is 0. The summed E-state index contributed by atoms with van der Waals surface area (Å²) >= 11 is 0. The molecule has 2 aromatic heterocycles. The average molecular weight is 355 g/mol. The molecular weight excluding hydrogens is 337 g/mol. The summed E-state index contributed by atoms with van der Waals surface area (Å²) in [5.74, 6) is -0.472. The second kappa shape index (κ2) is 6.45. The molecule has 0 atom stereocenters. The maximum atomic E-state index is 13.2. The fourth-order valence-electron chi connectivity index (χ4n) is 3.18. The smallest absolute Gasteiger partial charge is 0.276 e. The molecule has 134 valence electrons. The number of hydrogen-bond donors (Lipinski definition) is 0. The zero-order valence-corrected chi connectivity index (χ0v) is 14.6. The molecular formula is C18H18FN5O2. The Labute approximate surface area is 149 Å². The number of morpholine rings is 1. The van der Waals surface area contributed by atoms with Crippen molar-refractivity contribution in [3.05, 3.63) is 47.2 Å². The number of ether oxygens (including phenoxy) is 1. The molecule has 0 bridgehead atoms. The molecule has 0 aliphatic carbocycles. The third-order valence-electron chi connectivity index (χ3n) is 4.57. The predicted molar refractivity (Wildman–Crippen MR) is 92.4 cm³/mol. The first-order valence-electron chi connectivity index (χ1n) is 8.42. The third kappa shape index (κ3) is 2.72. The number of aryl methyl sites for hydroxylation is 2. The number of rotatable bonds is 2. The van der Waals surface area contributed by atoms with Gasteiger partial charge < -0.3 is 9.64 Å². The minimum Gasteiger partial charge on any atom is -0.378 e. The second-order valence-electron chi connectivity index (χ2n) is 6.24. The molecule has 1 aliphatic heterocycles. The number of halogens is 1. The largest absolute Gasteiger partial charge is 0.378 e. The molecule has 1 fully saturated rings. The number of carbonyl (C=O) groups excluding carboxylic acids is 1. The Balaban J connectivity index is 1.79. The van der Waals surface area contributed by atoms with Crippen LogP contribution in [0.15, 0.2) is 24.3 Å². The highest BCUT2D eigenvalue weighted by molar-refractivity contribution is 5.93. The van der Waals surface area contributed by atoms with Gasteiger partial charge in [-0.3, -0.25) is 4.79 Å². The van der Waals surface area contributed by atoms with Crippen molar-refractivity contribution in [1.29, 1.82) is 0 Å². The second-order valence-corrected chi connectivity index (χ2v) is 6.24. The normalized spacial score (nSPS) is 14.8. The summed E-state index contributed by atoms with van der Waals surface area (Å²) < 4.78 is 20.1. The standard InChI is InChI=1S/C18H18FN5O2/c1-11-15(13-3-5-14(19)6-4-13)17-21-20-16(12(2)24(17)22-11)18(25)23-7-9-26-10-8-23/h3-6H,7-10H2,1-2H3. The van der Waals surface area contributed by atoms with Crippen molar-refractivity contribution in [3.63, 3.8) is 0 Å². The van der Waals surface area contributed by atoms with Crippen molar-refractivity contribution in [3.8, 4) is 11.1 Å². The van der Waals surface area contributed by atoms with Gasteiger partial charge in [0.2, 0.25) is 0 Å². The lowest BCUT2D eigenvalue weighted by Crippen LogP contribution is -2.41. The Morgan fingerprint density at radius 2 is 1.81 bits per heavy atom. The minimum atomic E-state index is -0.302. The molecule has 0 unspecified atom stereocenters. The van der Waals surface area contributed by atoms with Gasteiger partial charge >= 0.3 is 0 Å². The van der Waals surface area contributed by atoms with E-state index in [9.17, 15) is 9.18 Å². The number of nitrogens with zero attached hydrogens (tertiary/aromatic N) is 5. The van der Waals surface area contributed by atoms with Crippen molar-refractivity contribution in [2.45, 2.75) is 13.8 Å². The Bertz CT molecular complexity index is 977. The minimum absolute atomic E-state index is 0.170. The first-order valence-corrected chi connectivity index (χ1v) is 8.42. The van der Waals surface area contributed by atoms with E-state index < -0.39 is 0 Å². The molecule has 7 nitrogen and oxygen atoms in total. The van der Waals surface area contributed by atoms with Gasteiger partial charge in [-0.25, -0.2) is 8.91 Å². The predicted octanol–water partition coefficient (Wildman–Crippen LogP) is 2.02. The van der Waals surface area contributed by atoms with Gasteiger partial charge in [-0.05, 0) is 31.5 Å². The lowest BCUT2D eigenvalue weighted by molar-refractivity contribution is 0.0297. The summed E-state index contributed by atoms with van der Waals surface area (Å²) in [6.07, 6.45) is 0. The van der Waals surface area contributed by atoms with Gasteiger partial charge in [0.1, 0.15) is 5.82 Å². The molecule has 0 saturated carbocycles. The zero-order chi connectivity index (χ0) is 18.3. The van der Waals surface area contributed by atoms with Crippen LogP contribution in [0.3, 0.4) is 0 Å². The molecule has 4 rings (SSSR count). The van der Waals surface area contributed by atoms with Crippen LogP contribution in [0, 0.1) is 19.7 Å². The Hall–Kier alpha value is -2.87. The molecule has 8 heteroatoms. The van der Waals surface area contributed by atoms with Gasteiger partial charge in [-0.15, -0.1) is 10.2 Å². The summed E-state index contributed by atoms with van der Waals surface area (Å²) in [6.45, 7) is 5.78. The van der Waals surface area contributed by atoms with Gasteiger partial charge in [-0.1, -0.05) is 12.1 Å². The van der Waals surface area contributed by atoms with Crippen LogP contribution >= 0.6 is 0 Å². The Morgan fingerprint density at radius 1 is 1.12 bits per heavy atom. The highest BCUT2D eigenvalue weighted by Gasteiger charge is 2.25. The first-order chi connectivity index (χ1) is 12.6. The maximum absolute atomic E-state index is 13.2. The van der Waals surface area contributed by atoms with E-state index in [0.717, 1.165) is 16.8 Å². The van der Waals surface area contributed by atoms with Crippen LogP contribution in [0.25, 0.3) is 16.8 Å². The number of hydrogen-bond acceptors (Lipinski definition) is 5. The molecule has 0 N–H and O–H groups in total. The molecule has 1 aromatic carbocycles. The zero-order valence-electron chi connectivity index (χ0n) is 14.6. The SMILES string of the molecule is Cc1nn2c(C)c(C(=O)N3CCOCC3)nnc2c1-c1ccc(F)cc1. The Kier molecular flexibility index (Phi) is 4.12. The van der Waals surface area contributed by atoms with Crippen LogP contribution < -0.4 is 0 Å². The third-order valence-corrected chi connectivity index (χ3v) is 4.57. The van der Waals surface area contributed by atoms with Crippen LogP contribution in [0.4, 0.5) is 4.39 Å². The highest BCUT2D eigenvalue weighted by Crippen LogP contribution is 2.28. The van der Waals surface area contributed by atoms with E-state index in [1.807, 2.05) is 6.92 Å². The lowest BCUT2D eigenvalue weighted by Gasteiger charge is -2.26. The van der Waals surface area contributed by atoms with E-state index >= 15 is 0 Å². The van der Waals surface area contributed by atoms with Crippen LogP contribution in [0.5, 0.6) is 0 Å². The van der Waals surface area contributed by atoms with Crippen LogP contribution in [0.1, 0.15) is 21.9 Å². The molecule has 1 aliphatic rings. The van der Waals surface area contributed by atoms with Gasteiger partial charge in [0.15, 0.2) is 11.3 Å². The fourth-order valence-corrected chi connectivity index (χ4v) is 3.18. The van der Waals surface area contributed by atoms with Crippen molar-refractivity contribution >= 4 is 11.6 Å². The number of amides is 1. The molecule has 3 aromatic rings. The number of fused-ring (bicyclic) bond motifs is 1. The average Bonchev–Trinajstić information content (AvgIpc) is 3.00. The summed E-state index contributed by atoms with van der Waals surface area (Å²) in [5.41, 5.74) is 3.79. The summed E-state index contributed by atoms with van der Waals surface area (Å²) in [4.78, 5) is 14.5. The van der Waals surface area contributed by atoms with Crippen LogP contribution in [-0.2, 0) is 4.74 Å². The summed E-state index contributed by atoms with van der Waals surface area (Å²) in [5, 5.41) is 13.0.